The van der Waals surface area contributed by atoms with Gasteiger partial charge >= 0.3 is 12.1 Å². The van der Waals surface area contributed by atoms with E-state index in [1.54, 1.807) is 11.8 Å². The SMILES string of the molecule is Cc1ccc(CSC[C@H](N)C(=O)N[C@H](CO)[C@@H](C)O)cc1.O=C(O)C(F)(F)F. The minimum absolute atomic E-state index is 0.313. The van der Waals surface area contributed by atoms with E-state index in [2.05, 4.69) is 29.6 Å². The van der Waals surface area contributed by atoms with Crippen LogP contribution < -0.4 is 11.1 Å². The Hall–Kier alpha value is -1.82. The van der Waals surface area contributed by atoms with Gasteiger partial charge in [-0.1, -0.05) is 29.8 Å². The average Bonchev–Trinajstić information content (AvgIpc) is 2.60. The number of aliphatic hydroxyl groups excluding tert-OH is 2. The van der Waals surface area contributed by atoms with Crippen LogP contribution in [0.2, 0.25) is 0 Å². The average molecular weight is 426 g/mol. The smallest absolute Gasteiger partial charge is 0.475 e. The summed E-state index contributed by atoms with van der Waals surface area (Å²) in [6.07, 6.45) is -5.90. The number of alkyl halides is 3. The molecule has 0 aliphatic rings. The van der Waals surface area contributed by atoms with Crippen LogP contribution in [0.4, 0.5) is 13.2 Å². The Labute approximate surface area is 165 Å². The molecule has 0 fully saturated rings. The van der Waals surface area contributed by atoms with E-state index in [9.17, 15) is 23.1 Å². The van der Waals surface area contributed by atoms with Gasteiger partial charge in [-0.25, -0.2) is 4.79 Å². The third kappa shape index (κ3) is 11.1. The van der Waals surface area contributed by atoms with Gasteiger partial charge < -0.3 is 26.4 Å². The monoisotopic (exact) mass is 426 g/mol. The van der Waals surface area contributed by atoms with Crippen molar-refractivity contribution < 1.29 is 38.1 Å². The number of nitrogens with two attached hydrogens (primary N) is 1. The number of amides is 1. The van der Waals surface area contributed by atoms with Gasteiger partial charge in [0.15, 0.2) is 0 Å². The van der Waals surface area contributed by atoms with Crippen LogP contribution in [0.5, 0.6) is 0 Å². The van der Waals surface area contributed by atoms with Gasteiger partial charge in [-0.15, -0.1) is 0 Å². The van der Waals surface area contributed by atoms with E-state index >= 15 is 0 Å². The molecule has 0 aromatic heterocycles. The summed E-state index contributed by atoms with van der Waals surface area (Å²) in [6, 6.07) is 6.89. The molecule has 1 amide bonds. The molecule has 1 aromatic carbocycles. The van der Waals surface area contributed by atoms with Gasteiger partial charge in [0.1, 0.15) is 0 Å². The molecule has 160 valence electrons. The molecule has 0 radical (unpaired) electrons. The third-order valence-electron chi connectivity index (χ3n) is 3.37. The first-order valence-electron chi connectivity index (χ1n) is 8.16. The lowest BCUT2D eigenvalue weighted by Crippen LogP contribution is -2.51. The molecule has 11 heteroatoms. The molecule has 0 bridgehead atoms. The summed E-state index contributed by atoms with van der Waals surface area (Å²) in [5, 5.41) is 28.1. The number of carboxylic acid groups (broad SMARTS) is 1. The maximum Gasteiger partial charge on any atom is 0.490 e. The predicted molar refractivity (Wildman–Crippen MR) is 99.7 cm³/mol. The lowest BCUT2D eigenvalue weighted by atomic mass is 10.2. The highest BCUT2D eigenvalue weighted by atomic mass is 32.2. The summed E-state index contributed by atoms with van der Waals surface area (Å²) in [7, 11) is 0. The zero-order valence-electron chi connectivity index (χ0n) is 15.4. The minimum Gasteiger partial charge on any atom is -0.475 e. The Kier molecular flexibility index (Phi) is 11.8. The van der Waals surface area contributed by atoms with Crippen LogP contribution in [0.15, 0.2) is 24.3 Å². The number of rotatable bonds is 8. The zero-order valence-corrected chi connectivity index (χ0v) is 16.3. The van der Waals surface area contributed by atoms with Gasteiger partial charge in [0.2, 0.25) is 5.91 Å². The number of aliphatic hydroxyl groups is 2. The van der Waals surface area contributed by atoms with Crippen molar-refractivity contribution in [2.75, 3.05) is 12.4 Å². The van der Waals surface area contributed by atoms with Gasteiger partial charge in [0.05, 0.1) is 24.8 Å². The third-order valence-corrected chi connectivity index (χ3v) is 4.50. The number of benzene rings is 1. The number of nitrogens with one attached hydrogen (secondary N) is 1. The van der Waals surface area contributed by atoms with Crippen molar-refractivity contribution in [1.29, 1.82) is 0 Å². The summed E-state index contributed by atoms with van der Waals surface area (Å²) in [5.41, 5.74) is 8.22. The van der Waals surface area contributed by atoms with Gasteiger partial charge in [-0.05, 0) is 19.4 Å². The molecule has 0 aliphatic carbocycles. The number of halogens is 3. The van der Waals surface area contributed by atoms with E-state index in [-0.39, 0.29) is 12.5 Å². The van der Waals surface area contributed by atoms with Crippen molar-refractivity contribution in [2.45, 2.75) is 44.0 Å². The van der Waals surface area contributed by atoms with Crippen molar-refractivity contribution >= 4 is 23.6 Å². The summed E-state index contributed by atoms with van der Waals surface area (Å²) < 4.78 is 31.7. The standard InChI is InChI=1S/C15H24N2O3S.C2HF3O2/c1-10-3-5-12(6-4-10)8-21-9-13(16)15(20)17-14(7-18)11(2)19;3-2(4,5)1(6)7/h3-6,11,13-14,18-19H,7-9,16H2,1-2H3,(H,17,20);(H,6,7)/t11-,13+,14-;/m1./s1. The number of carbonyl (C=O) groups excluding carboxylic acids is 1. The van der Waals surface area contributed by atoms with E-state index in [1.165, 1.54) is 18.1 Å². The normalized spacial score (nSPS) is 14.3. The topological polar surface area (TPSA) is 133 Å². The van der Waals surface area contributed by atoms with Crippen molar-refractivity contribution in [3.05, 3.63) is 35.4 Å². The molecule has 0 aliphatic heterocycles. The number of thioether (sulfide) groups is 1. The second-order valence-corrected chi connectivity index (χ2v) is 6.98. The Bertz CT molecular complexity index is 612. The minimum atomic E-state index is -5.08. The molecule has 28 heavy (non-hydrogen) atoms. The molecule has 1 rings (SSSR count). The number of aliphatic carboxylic acids is 1. The summed E-state index contributed by atoms with van der Waals surface area (Å²) in [5.74, 6) is -1.84. The van der Waals surface area contributed by atoms with Crippen LogP contribution >= 0.6 is 11.8 Å². The first kappa shape index (κ1) is 26.2. The number of aryl methyl sites for hydroxylation is 1. The maximum absolute atomic E-state index is 11.8. The highest BCUT2D eigenvalue weighted by Crippen LogP contribution is 2.14. The van der Waals surface area contributed by atoms with Crippen LogP contribution in [0.25, 0.3) is 0 Å². The van der Waals surface area contributed by atoms with E-state index in [1.807, 2.05) is 6.92 Å². The number of carboxylic acids is 1. The molecular formula is C17H25F3N2O5S. The zero-order chi connectivity index (χ0) is 21.9. The number of hydrogen-bond donors (Lipinski definition) is 5. The number of carbonyl (C=O) groups is 2. The Balaban J connectivity index is 0.000000887. The van der Waals surface area contributed by atoms with Gasteiger partial charge in [0.25, 0.3) is 0 Å². The Morgan fingerprint density at radius 1 is 1.25 bits per heavy atom. The van der Waals surface area contributed by atoms with E-state index in [0.29, 0.717) is 5.75 Å². The highest BCUT2D eigenvalue weighted by molar-refractivity contribution is 7.98. The van der Waals surface area contributed by atoms with Crippen LogP contribution in [0.1, 0.15) is 18.1 Å². The predicted octanol–water partition coefficient (Wildman–Crippen LogP) is 1.05. The summed E-state index contributed by atoms with van der Waals surface area (Å²) in [4.78, 5) is 20.7. The molecule has 0 spiro atoms. The summed E-state index contributed by atoms with van der Waals surface area (Å²) >= 11 is 1.58. The molecular weight excluding hydrogens is 401 g/mol. The molecule has 0 heterocycles. The van der Waals surface area contributed by atoms with Crippen LogP contribution in [-0.4, -0.2) is 63.9 Å². The van der Waals surface area contributed by atoms with Gasteiger partial charge in [-0.3, -0.25) is 4.79 Å². The lowest BCUT2D eigenvalue weighted by molar-refractivity contribution is -0.192. The van der Waals surface area contributed by atoms with Crippen LogP contribution in [0.3, 0.4) is 0 Å². The first-order valence-corrected chi connectivity index (χ1v) is 9.32. The Morgan fingerprint density at radius 2 is 1.75 bits per heavy atom. The van der Waals surface area contributed by atoms with Gasteiger partial charge in [-0.2, -0.15) is 24.9 Å². The fraction of sp³-hybridized carbons (Fsp3) is 0.529. The molecule has 7 nitrogen and oxygen atoms in total. The largest absolute Gasteiger partial charge is 0.490 e. The second kappa shape index (κ2) is 12.6. The molecule has 6 N–H and O–H groups in total. The number of hydrogen-bond acceptors (Lipinski definition) is 6. The summed E-state index contributed by atoms with van der Waals surface area (Å²) in [6.45, 7) is 3.24. The molecule has 1 aromatic rings. The van der Waals surface area contributed by atoms with E-state index < -0.39 is 30.3 Å². The van der Waals surface area contributed by atoms with E-state index in [0.717, 1.165) is 5.75 Å². The van der Waals surface area contributed by atoms with E-state index in [4.69, 9.17) is 20.7 Å². The first-order chi connectivity index (χ1) is 12.9. The fourth-order valence-electron chi connectivity index (χ4n) is 1.67. The van der Waals surface area contributed by atoms with Crippen LogP contribution in [0, 0.1) is 6.92 Å². The van der Waals surface area contributed by atoms with Crippen molar-refractivity contribution in [3.63, 3.8) is 0 Å². The quantitative estimate of drug-likeness (QED) is 0.420. The molecule has 0 unspecified atom stereocenters. The molecule has 0 saturated carbocycles. The highest BCUT2D eigenvalue weighted by Gasteiger charge is 2.38. The van der Waals surface area contributed by atoms with Gasteiger partial charge in [0, 0.05) is 11.5 Å². The van der Waals surface area contributed by atoms with Crippen molar-refractivity contribution in [2.24, 2.45) is 5.73 Å². The maximum atomic E-state index is 11.8. The second-order valence-electron chi connectivity index (χ2n) is 5.95. The molecule has 3 atom stereocenters. The fourth-order valence-corrected chi connectivity index (χ4v) is 2.62. The van der Waals surface area contributed by atoms with Crippen LogP contribution in [-0.2, 0) is 15.3 Å². The molecule has 0 saturated heterocycles. The van der Waals surface area contributed by atoms with Crippen molar-refractivity contribution in [1.82, 2.24) is 5.32 Å². The lowest BCUT2D eigenvalue weighted by Gasteiger charge is -2.21. The Morgan fingerprint density at radius 3 is 2.14 bits per heavy atom. The van der Waals surface area contributed by atoms with Crippen molar-refractivity contribution in [3.8, 4) is 0 Å².